The van der Waals surface area contributed by atoms with Crippen LogP contribution in [0.4, 0.5) is 0 Å². The lowest BCUT2D eigenvalue weighted by atomic mass is 10.2. The number of rotatable bonds is 5. The van der Waals surface area contributed by atoms with Crippen molar-refractivity contribution >= 4 is 6.29 Å². The SMILES string of the molecule is CC.CC(C)=CC=CCCCC=O. The van der Waals surface area contributed by atoms with Gasteiger partial charge < -0.3 is 4.79 Å². The molecule has 0 rings (SSSR count). The third-order valence-electron chi connectivity index (χ3n) is 1.26. The van der Waals surface area contributed by atoms with Gasteiger partial charge in [0, 0.05) is 6.42 Å². The lowest BCUT2D eigenvalue weighted by Crippen LogP contribution is -1.73. The Morgan fingerprint density at radius 2 is 1.77 bits per heavy atom. The zero-order chi connectivity index (χ0) is 10.5. The second-order valence-corrected chi connectivity index (χ2v) is 2.77. The molecule has 0 heterocycles. The topological polar surface area (TPSA) is 17.1 Å². The zero-order valence-electron chi connectivity index (χ0n) is 9.34. The van der Waals surface area contributed by atoms with Crippen LogP contribution in [-0.4, -0.2) is 6.29 Å². The summed E-state index contributed by atoms with van der Waals surface area (Å²) in [6.07, 6.45) is 9.82. The van der Waals surface area contributed by atoms with E-state index in [0.29, 0.717) is 6.42 Å². The number of carbonyl (C=O) groups excluding carboxylic acids is 1. The van der Waals surface area contributed by atoms with Gasteiger partial charge in [-0.15, -0.1) is 0 Å². The largest absolute Gasteiger partial charge is 0.303 e. The molecule has 0 bridgehead atoms. The summed E-state index contributed by atoms with van der Waals surface area (Å²) in [5, 5.41) is 0. The first kappa shape index (κ1) is 14.7. The summed E-state index contributed by atoms with van der Waals surface area (Å²) < 4.78 is 0. The second-order valence-electron chi connectivity index (χ2n) is 2.77. The normalized spacial score (nSPS) is 8.92. The lowest BCUT2D eigenvalue weighted by molar-refractivity contribution is -0.107. The van der Waals surface area contributed by atoms with Gasteiger partial charge in [-0.2, -0.15) is 0 Å². The summed E-state index contributed by atoms with van der Waals surface area (Å²) in [4.78, 5) is 9.91. The van der Waals surface area contributed by atoms with Crippen molar-refractivity contribution in [3.63, 3.8) is 0 Å². The van der Waals surface area contributed by atoms with Crippen LogP contribution >= 0.6 is 0 Å². The third kappa shape index (κ3) is 18.3. The van der Waals surface area contributed by atoms with Crippen LogP contribution in [0.1, 0.15) is 47.0 Å². The third-order valence-corrected chi connectivity index (χ3v) is 1.26. The molecule has 0 fully saturated rings. The van der Waals surface area contributed by atoms with Crippen molar-refractivity contribution < 1.29 is 4.79 Å². The van der Waals surface area contributed by atoms with E-state index in [4.69, 9.17) is 0 Å². The molecule has 0 radical (unpaired) electrons. The molecule has 0 aliphatic rings. The number of hydrogen-bond donors (Lipinski definition) is 0. The van der Waals surface area contributed by atoms with Crippen molar-refractivity contribution in [1.29, 1.82) is 0 Å². The Labute approximate surface area is 82.5 Å². The van der Waals surface area contributed by atoms with Crippen LogP contribution in [0.2, 0.25) is 0 Å². The minimum absolute atomic E-state index is 0.680. The standard InChI is InChI=1S/C10H16O.C2H6/c1-10(2)8-6-4-3-5-7-9-11;1-2/h4,6,8-9H,3,5,7H2,1-2H3;1-2H3. The molecule has 0 spiro atoms. The van der Waals surface area contributed by atoms with Crippen LogP contribution < -0.4 is 0 Å². The summed E-state index contributed by atoms with van der Waals surface area (Å²) >= 11 is 0. The van der Waals surface area contributed by atoms with E-state index in [1.54, 1.807) is 0 Å². The summed E-state index contributed by atoms with van der Waals surface area (Å²) in [5.41, 5.74) is 1.30. The molecule has 0 aliphatic heterocycles. The Balaban J connectivity index is 0. The molecule has 13 heavy (non-hydrogen) atoms. The van der Waals surface area contributed by atoms with Gasteiger partial charge in [0.1, 0.15) is 6.29 Å². The molecule has 0 N–H and O–H groups in total. The summed E-state index contributed by atoms with van der Waals surface area (Å²) in [5.74, 6) is 0. The van der Waals surface area contributed by atoms with E-state index in [1.165, 1.54) is 5.57 Å². The highest BCUT2D eigenvalue weighted by Crippen LogP contribution is 1.95. The molecule has 0 amide bonds. The minimum Gasteiger partial charge on any atom is -0.303 e. The van der Waals surface area contributed by atoms with Gasteiger partial charge in [-0.25, -0.2) is 0 Å². The van der Waals surface area contributed by atoms with Gasteiger partial charge in [0.2, 0.25) is 0 Å². The van der Waals surface area contributed by atoms with Crippen LogP contribution in [0.5, 0.6) is 0 Å². The van der Waals surface area contributed by atoms with E-state index in [2.05, 4.69) is 26.0 Å². The number of carbonyl (C=O) groups is 1. The van der Waals surface area contributed by atoms with E-state index in [1.807, 2.05) is 19.9 Å². The van der Waals surface area contributed by atoms with Crippen LogP contribution in [0.3, 0.4) is 0 Å². The molecule has 0 atom stereocenters. The van der Waals surface area contributed by atoms with Crippen molar-refractivity contribution in [1.82, 2.24) is 0 Å². The Morgan fingerprint density at radius 1 is 1.15 bits per heavy atom. The summed E-state index contributed by atoms with van der Waals surface area (Å²) in [6.45, 7) is 8.13. The van der Waals surface area contributed by atoms with E-state index >= 15 is 0 Å². The highest BCUT2D eigenvalue weighted by atomic mass is 16.1. The maximum atomic E-state index is 9.91. The molecule has 0 aliphatic carbocycles. The monoisotopic (exact) mass is 182 g/mol. The molecule has 0 aromatic rings. The average molecular weight is 182 g/mol. The van der Waals surface area contributed by atoms with Crippen LogP contribution in [0.15, 0.2) is 23.8 Å². The number of hydrogen-bond acceptors (Lipinski definition) is 1. The molecular weight excluding hydrogens is 160 g/mol. The van der Waals surface area contributed by atoms with E-state index < -0.39 is 0 Å². The summed E-state index contributed by atoms with van der Waals surface area (Å²) in [6, 6.07) is 0. The van der Waals surface area contributed by atoms with Gasteiger partial charge in [-0.3, -0.25) is 0 Å². The maximum absolute atomic E-state index is 9.91. The Bertz CT molecular complexity index is 151. The van der Waals surface area contributed by atoms with Gasteiger partial charge in [0.25, 0.3) is 0 Å². The fourth-order valence-corrected chi connectivity index (χ4v) is 0.676. The van der Waals surface area contributed by atoms with Crippen molar-refractivity contribution in [2.24, 2.45) is 0 Å². The molecule has 1 nitrogen and oxygen atoms in total. The quantitative estimate of drug-likeness (QED) is 0.358. The molecule has 1 heteroatoms. The number of aldehydes is 1. The molecule has 0 aromatic carbocycles. The van der Waals surface area contributed by atoms with Crippen LogP contribution in [-0.2, 0) is 4.79 Å². The molecule has 0 saturated carbocycles. The Kier molecular flexibility index (Phi) is 15.5. The maximum Gasteiger partial charge on any atom is 0.120 e. The second kappa shape index (κ2) is 13.7. The predicted octanol–water partition coefficient (Wildman–Crippen LogP) is 3.90. The first-order valence-corrected chi connectivity index (χ1v) is 5.01. The van der Waals surface area contributed by atoms with Crippen LogP contribution in [0.25, 0.3) is 0 Å². The van der Waals surface area contributed by atoms with Crippen molar-refractivity contribution in [3.05, 3.63) is 23.8 Å². The molecule has 76 valence electrons. The van der Waals surface area contributed by atoms with Crippen molar-refractivity contribution in [3.8, 4) is 0 Å². The first-order chi connectivity index (χ1) is 6.27. The van der Waals surface area contributed by atoms with Crippen molar-refractivity contribution in [2.45, 2.75) is 47.0 Å². The average Bonchev–Trinajstić information content (AvgIpc) is 2.14. The highest BCUT2D eigenvalue weighted by molar-refractivity contribution is 5.49. The summed E-state index contributed by atoms with van der Waals surface area (Å²) in [7, 11) is 0. The zero-order valence-corrected chi connectivity index (χ0v) is 9.34. The highest BCUT2D eigenvalue weighted by Gasteiger charge is 1.79. The molecule has 0 saturated heterocycles. The van der Waals surface area contributed by atoms with Gasteiger partial charge >= 0.3 is 0 Å². The van der Waals surface area contributed by atoms with E-state index in [-0.39, 0.29) is 0 Å². The van der Waals surface area contributed by atoms with Gasteiger partial charge in [0.15, 0.2) is 0 Å². The minimum atomic E-state index is 0.680. The van der Waals surface area contributed by atoms with Gasteiger partial charge in [-0.05, 0) is 26.7 Å². The van der Waals surface area contributed by atoms with Gasteiger partial charge in [-0.1, -0.05) is 37.6 Å². The van der Waals surface area contributed by atoms with E-state index in [9.17, 15) is 4.79 Å². The van der Waals surface area contributed by atoms with E-state index in [0.717, 1.165) is 19.1 Å². The number of allylic oxidation sites excluding steroid dienone is 4. The first-order valence-electron chi connectivity index (χ1n) is 5.01. The predicted molar refractivity (Wildman–Crippen MR) is 59.8 cm³/mol. The lowest BCUT2D eigenvalue weighted by Gasteiger charge is -1.86. The fraction of sp³-hybridized carbons (Fsp3) is 0.583. The molecule has 0 unspecified atom stereocenters. The van der Waals surface area contributed by atoms with Crippen molar-refractivity contribution in [2.75, 3.05) is 0 Å². The molecule has 0 aromatic heterocycles. The van der Waals surface area contributed by atoms with Crippen LogP contribution in [0, 0.1) is 0 Å². The Hall–Kier alpha value is -0.850. The Morgan fingerprint density at radius 3 is 2.23 bits per heavy atom. The number of unbranched alkanes of at least 4 members (excludes halogenated alkanes) is 2. The van der Waals surface area contributed by atoms with Gasteiger partial charge in [0.05, 0.1) is 0 Å². The molecular formula is C12H22O. The fourth-order valence-electron chi connectivity index (χ4n) is 0.676. The smallest absolute Gasteiger partial charge is 0.120 e.